The molecule has 0 fully saturated rings. The standard InChI is InChI=1S/C35H30F2N4O2S.C2H5NO3S/c1-38-25-18-16-24(17-19-25)32-28(21-39(2)20-23-10-5-3-6-11-23)31-33(42)41(26-12-7-4-8-13-26)35(43)40(34(31)44-32)22-27-29(36)14-9-15-30(27)37;1-7(5,6)3-2-4/h3-19,38H,20-22H2,1-2H3;2H,1H3,(H,3,4). The molecule has 0 aliphatic carbocycles. The van der Waals surface area contributed by atoms with Crippen LogP contribution in [0.15, 0.2) is 113 Å². The maximum Gasteiger partial charge on any atom is 0.337 e. The van der Waals surface area contributed by atoms with Crippen molar-refractivity contribution >= 4 is 43.7 Å². The lowest BCUT2D eigenvalue weighted by atomic mass is 10.1. The van der Waals surface area contributed by atoms with E-state index < -0.39 is 32.9 Å². The number of thiophene rings is 1. The number of carbonyl (C=O) groups is 1. The highest BCUT2D eigenvalue weighted by atomic mass is 32.2. The Bertz CT molecular complexity index is 2360. The molecule has 14 heteroatoms. The lowest BCUT2D eigenvalue weighted by molar-refractivity contribution is -0.108. The molecule has 10 nitrogen and oxygen atoms in total. The van der Waals surface area contributed by atoms with Gasteiger partial charge in [0.15, 0.2) is 0 Å². The monoisotopic (exact) mass is 731 g/mol. The van der Waals surface area contributed by atoms with Gasteiger partial charge >= 0.3 is 5.69 Å². The topological polar surface area (TPSA) is 123 Å². The third-order valence-electron chi connectivity index (χ3n) is 7.89. The smallest absolute Gasteiger partial charge is 0.337 e. The average molecular weight is 732 g/mol. The minimum Gasteiger partial charge on any atom is -0.388 e. The quantitative estimate of drug-likeness (QED) is 0.167. The molecule has 6 aromatic rings. The first-order valence-electron chi connectivity index (χ1n) is 15.6. The van der Waals surface area contributed by atoms with Crippen LogP contribution in [-0.2, 0) is 34.5 Å². The van der Waals surface area contributed by atoms with E-state index in [-0.39, 0.29) is 18.5 Å². The first-order valence-corrected chi connectivity index (χ1v) is 18.3. The summed E-state index contributed by atoms with van der Waals surface area (Å²) in [6, 6.07) is 30.1. The molecule has 2 N–H and O–H groups in total. The van der Waals surface area contributed by atoms with Crippen LogP contribution in [0.3, 0.4) is 0 Å². The van der Waals surface area contributed by atoms with Crippen molar-refractivity contribution in [1.29, 1.82) is 0 Å². The summed E-state index contributed by atoms with van der Waals surface area (Å²) in [4.78, 5) is 41.1. The van der Waals surface area contributed by atoms with Crippen LogP contribution in [0.25, 0.3) is 26.3 Å². The lowest BCUT2D eigenvalue weighted by Gasteiger charge is -2.18. The van der Waals surface area contributed by atoms with Gasteiger partial charge in [-0.1, -0.05) is 66.7 Å². The highest BCUT2D eigenvalue weighted by Gasteiger charge is 2.25. The molecule has 0 saturated carbocycles. The number of hydrogen-bond donors (Lipinski definition) is 2. The number of nitrogens with one attached hydrogen (secondary N) is 2. The maximum atomic E-state index is 14.9. The SMILES string of the molecule is CNc1ccc(-c2sc3c(c2CN(C)Cc2ccccc2)c(=O)n(-c2ccccc2)c(=O)n3Cc2c(F)cccc2F)cc1.CS(=O)(=O)NC=O. The van der Waals surface area contributed by atoms with Crippen molar-refractivity contribution in [3.8, 4) is 16.1 Å². The Labute approximate surface area is 297 Å². The maximum absolute atomic E-state index is 14.9. The van der Waals surface area contributed by atoms with Crippen LogP contribution in [-0.4, -0.2) is 49.2 Å². The highest BCUT2D eigenvalue weighted by molar-refractivity contribution is 7.89. The Balaban J connectivity index is 0.000000654. The number of fused-ring (bicyclic) bond motifs is 1. The van der Waals surface area contributed by atoms with Crippen LogP contribution in [0.1, 0.15) is 16.7 Å². The molecule has 0 aliphatic heterocycles. The second-order valence-corrected chi connectivity index (χ2v) is 14.4. The fourth-order valence-corrected chi connectivity index (χ4v) is 7.01. The summed E-state index contributed by atoms with van der Waals surface area (Å²) in [5.41, 5.74) is 2.65. The number of para-hydroxylation sites is 1. The Hall–Kier alpha value is -5.44. The van der Waals surface area contributed by atoms with E-state index in [1.165, 1.54) is 34.1 Å². The van der Waals surface area contributed by atoms with Crippen LogP contribution < -0.4 is 21.3 Å². The van der Waals surface area contributed by atoms with Gasteiger partial charge in [-0.05, 0) is 60.1 Å². The summed E-state index contributed by atoms with van der Waals surface area (Å²) in [7, 11) is 0.523. The third-order valence-corrected chi connectivity index (χ3v) is 9.71. The van der Waals surface area contributed by atoms with Crippen LogP contribution in [0.2, 0.25) is 0 Å². The summed E-state index contributed by atoms with van der Waals surface area (Å²) >= 11 is 1.29. The van der Waals surface area contributed by atoms with E-state index in [4.69, 9.17) is 0 Å². The number of rotatable bonds is 11. The van der Waals surface area contributed by atoms with Crippen LogP contribution in [0, 0.1) is 11.6 Å². The van der Waals surface area contributed by atoms with Crippen LogP contribution >= 0.6 is 11.3 Å². The molecule has 0 bridgehead atoms. The largest absolute Gasteiger partial charge is 0.388 e. The zero-order valence-corrected chi connectivity index (χ0v) is 29.6. The molecular weight excluding hydrogens is 697 g/mol. The van der Waals surface area contributed by atoms with Crippen molar-refractivity contribution in [2.24, 2.45) is 0 Å². The fraction of sp³-hybridized carbons (Fsp3) is 0.162. The van der Waals surface area contributed by atoms with Crippen LogP contribution in [0.5, 0.6) is 0 Å². The molecular formula is C37H35F2N5O5S2. The number of anilines is 1. The van der Waals surface area contributed by atoms with E-state index in [0.717, 1.165) is 38.1 Å². The number of amides is 1. The lowest BCUT2D eigenvalue weighted by Crippen LogP contribution is -2.39. The van der Waals surface area contributed by atoms with Crippen molar-refractivity contribution in [1.82, 2.24) is 18.8 Å². The average Bonchev–Trinajstić information content (AvgIpc) is 3.47. The second kappa shape index (κ2) is 16.1. The molecule has 0 saturated heterocycles. The number of aromatic nitrogens is 2. The van der Waals surface area contributed by atoms with E-state index in [1.54, 1.807) is 35.1 Å². The molecule has 2 aromatic heterocycles. The fourth-order valence-electron chi connectivity index (χ4n) is 5.54. The molecule has 51 heavy (non-hydrogen) atoms. The van der Waals surface area contributed by atoms with Gasteiger partial charge in [-0.3, -0.25) is 23.8 Å². The van der Waals surface area contributed by atoms with Gasteiger partial charge in [-0.2, -0.15) is 0 Å². The molecule has 1 amide bonds. The normalized spacial score (nSPS) is 11.3. The third kappa shape index (κ3) is 8.66. The zero-order valence-electron chi connectivity index (χ0n) is 28.0. The minimum absolute atomic E-state index is 0.120. The number of nitrogens with zero attached hydrogens (tertiary/aromatic N) is 3. The van der Waals surface area contributed by atoms with Crippen molar-refractivity contribution in [3.05, 3.63) is 152 Å². The second-order valence-electron chi connectivity index (χ2n) is 11.6. The predicted molar refractivity (Wildman–Crippen MR) is 198 cm³/mol. The predicted octanol–water partition coefficient (Wildman–Crippen LogP) is 5.57. The summed E-state index contributed by atoms with van der Waals surface area (Å²) in [5.74, 6) is -1.52. The highest BCUT2D eigenvalue weighted by Crippen LogP contribution is 2.38. The number of benzene rings is 4. The number of carbonyl (C=O) groups excluding carboxylic acids is 1. The van der Waals surface area contributed by atoms with E-state index in [0.29, 0.717) is 29.0 Å². The molecule has 264 valence electrons. The van der Waals surface area contributed by atoms with E-state index >= 15 is 0 Å². The van der Waals surface area contributed by atoms with E-state index in [2.05, 4.69) is 10.2 Å². The van der Waals surface area contributed by atoms with Crippen molar-refractivity contribution in [2.45, 2.75) is 19.6 Å². The Morgan fingerprint density at radius 3 is 1.98 bits per heavy atom. The van der Waals surface area contributed by atoms with Gasteiger partial charge in [0.05, 0.1) is 23.9 Å². The molecule has 0 atom stereocenters. The first kappa shape index (κ1) is 36.8. The van der Waals surface area contributed by atoms with Gasteiger partial charge in [0.2, 0.25) is 16.4 Å². The summed E-state index contributed by atoms with van der Waals surface area (Å²) in [5, 5.41) is 3.47. The van der Waals surface area contributed by atoms with Crippen molar-refractivity contribution < 1.29 is 22.0 Å². The number of halogens is 2. The zero-order chi connectivity index (χ0) is 36.7. The molecule has 4 aromatic carbocycles. The molecule has 0 unspecified atom stereocenters. The van der Waals surface area contributed by atoms with Crippen molar-refractivity contribution in [2.75, 3.05) is 25.7 Å². The first-order chi connectivity index (χ1) is 24.4. The van der Waals surface area contributed by atoms with Gasteiger partial charge < -0.3 is 5.32 Å². The molecule has 0 spiro atoms. The summed E-state index contributed by atoms with van der Waals surface area (Å²) in [6.45, 7) is 0.649. The van der Waals surface area contributed by atoms with E-state index in [1.807, 2.05) is 68.7 Å². The minimum atomic E-state index is -3.29. The number of sulfonamides is 1. The molecule has 6 rings (SSSR count). The van der Waals surface area contributed by atoms with Gasteiger partial charge in [0.1, 0.15) is 16.5 Å². The van der Waals surface area contributed by atoms with Crippen LogP contribution in [0.4, 0.5) is 14.5 Å². The Kier molecular flexibility index (Phi) is 11.6. The molecule has 2 heterocycles. The van der Waals surface area contributed by atoms with Gasteiger partial charge in [0, 0.05) is 36.3 Å². The Morgan fingerprint density at radius 1 is 0.824 bits per heavy atom. The summed E-state index contributed by atoms with van der Waals surface area (Å²) < 4.78 is 53.7. The van der Waals surface area contributed by atoms with E-state index in [9.17, 15) is 31.6 Å². The van der Waals surface area contributed by atoms with Gasteiger partial charge in [-0.25, -0.2) is 26.6 Å². The van der Waals surface area contributed by atoms with Gasteiger partial charge in [0.25, 0.3) is 5.56 Å². The van der Waals surface area contributed by atoms with Gasteiger partial charge in [-0.15, -0.1) is 11.3 Å². The molecule has 0 radical (unpaired) electrons. The van der Waals surface area contributed by atoms with Crippen molar-refractivity contribution in [3.63, 3.8) is 0 Å². The number of hydrogen-bond acceptors (Lipinski definition) is 8. The molecule has 0 aliphatic rings. The summed E-state index contributed by atoms with van der Waals surface area (Å²) in [6.07, 6.45) is 1.02. The Morgan fingerprint density at radius 2 is 1.43 bits per heavy atom.